The highest BCUT2D eigenvalue weighted by molar-refractivity contribution is 5.42. The van der Waals surface area contributed by atoms with Crippen LogP contribution in [0, 0.1) is 6.92 Å². The van der Waals surface area contributed by atoms with E-state index in [0.717, 1.165) is 43.4 Å². The summed E-state index contributed by atoms with van der Waals surface area (Å²) < 4.78 is 0. The second-order valence-corrected chi connectivity index (χ2v) is 5.31. The molecule has 2 rings (SSSR count). The maximum atomic E-state index is 4.63. The van der Waals surface area contributed by atoms with Gasteiger partial charge in [0.15, 0.2) is 0 Å². The zero-order valence-corrected chi connectivity index (χ0v) is 12.4. The summed E-state index contributed by atoms with van der Waals surface area (Å²) in [5.74, 6) is 2.01. The third kappa shape index (κ3) is 3.66. The third-order valence-electron chi connectivity index (χ3n) is 3.72. The van der Waals surface area contributed by atoms with Gasteiger partial charge in [0.1, 0.15) is 11.6 Å². The van der Waals surface area contributed by atoms with E-state index in [1.54, 1.807) is 0 Å². The van der Waals surface area contributed by atoms with Gasteiger partial charge >= 0.3 is 0 Å². The van der Waals surface area contributed by atoms with Gasteiger partial charge in [-0.15, -0.1) is 0 Å². The van der Waals surface area contributed by atoms with Gasteiger partial charge in [-0.05, 0) is 39.2 Å². The van der Waals surface area contributed by atoms with E-state index >= 15 is 0 Å². The number of hydrogen-bond donors (Lipinski definition) is 1. The molecule has 1 N–H and O–H groups in total. The minimum Gasteiger partial charge on any atom is -0.352 e. The van der Waals surface area contributed by atoms with Crippen LogP contribution in [-0.4, -0.2) is 35.6 Å². The van der Waals surface area contributed by atoms with Crippen LogP contribution >= 0.6 is 0 Å². The number of aromatic nitrogens is 2. The topological polar surface area (TPSA) is 41.0 Å². The molecule has 19 heavy (non-hydrogen) atoms. The van der Waals surface area contributed by atoms with E-state index in [-0.39, 0.29) is 0 Å². The first-order valence-electron chi connectivity index (χ1n) is 7.56. The lowest BCUT2D eigenvalue weighted by Crippen LogP contribution is -2.38. The molecule has 0 spiro atoms. The third-order valence-corrected chi connectivity index (χ3v) is 3.72. The highest BCUT2D eigenvalue weighted by atomic mass is 15.2. The van der Waals surface area contributed by atoms with Crippen molar-refractivity contribution >= 4 is 5.82 Å². The first-order valence-corrected chi connectivity index (χ1v) is 7.56. The Labute approximate surface area is 116 Å². The van der Waals surface area contributed by atoms with E-state index in [9.17, 15) is 0 Å². The summed E-state index contributed by atoms with van der Waals surface area (Å²) in [6.45, 7) is 9.64. The van der Waals surface area contributed by atoms with Crippen molar-refractivity contribution in [1.82, 2.24) is 15.3 Å². The van der Waals surface area contributed by atoms with Crippen molar-refractivity contribution in [3.8, 4) is 0 Å². The van der Waals surface area contributed by atoms with Gasteiger partial charge in [-0.1, -0.05) is 13.8 Å². The van der Waals surface area contributed by atoms with Gasteiger partial charge in [0.2, 0.25) is 0 Å². The average molecular weight is 262 g/mol. The van der Waals surface area contributed by atoms with Crippen LogP contribution in [-0.2, 0) is 6.42 Å². The maximum absolute atomic E-state index is 4.63. The minimum atomic E-state index is 0.588. The van der Waals surface area contributed by atoms with Crippen LogP contribution in [0.1, 0.15) is 44.6 Å². The van der Waals surface area contributed by atoms with Gasteiger partial charge in [0, 0.05) is 30.9 Å². The van der Waals surface area contributed by atoms with E-state index in [1.165, 1.54) is 19.3 Å². The van der Waals surface area contributed by atoms with E-state index in [2.05, 4.69) is 40.1 Å². The predicted octanol–water partition coefficient (Wildman–Crippen LogP) is 2.32. The predicted molar refractivity (Wildman–Crippen MR) is 79.7 cm³/mol. The van der Waals surface area contributed by atoms with E-state index < -0.39 is 0 Å². The number of rotatable bonds is 6. The summed E-state index contributed by atoms with van der Waals surface area (Å²) >= 11 is 0. The summed E-state index contributed by atoms with van der Waals surface area (Å²) in [6.07, 6.45) is 4.70. The van der Waals surface area contributed by atoms with Gasteiger partial charge in [0.25, 0.3) is 0 Å². The van der Waals surface area contributed by atoms with Gasteiger partial charge in [0.05, 0.1) is 0 Å². The molecule has 1 fully saturated rings. The summed E-state index contributed by atoms with van der Waals surface area (Å²) in [7, 11) is 0. The lowest BCUT2D eigenvalue weighted by Gasteiger charge is -2.26. The molecule has 1 aromatic rings. The first kappa shape index (κ1) is 14.3. The van der Waals surface area contributed by atoms with E-state index in [1.807, 2.05) is 6.92 Å². The lowest BCUT2D eigenvalue weighted by atomic mass is 10.2. The second kappa shape index (κ2) is 6.85. The molecule has 1 aliphatic heterocycles. The van der Waals surface area contributed by atoms with Gasteiger partial charge in [-0.25, -0.2) is 9.97 Å². The number of hydrogen-bond acceptors (Lipinski definition) is 4. The standard InChI is InChI=1S/C15H26N4/c1-4-8-16-11-14-7-6-9-19(14)15-10-13(5-2)17-12(3)18-15/h10,14,16H,4-9,11H2,1-3H3. The van der Waals surface area contributed by atoms with Crippen molar-refractivity contribution in [2.24, 2.45) is 0 Å². The highest BCUT2D eigenvalue weighted by Gasteiger charge is 2.25. The minimum absolute atomic E-state index is 0.588. The maximum Gasteiger partial charge on any atom is 0.132 e. The van der Waals surface area contributed by atoms with Crippen LogP contribution < -0.4 is 10.2 Å². The van der Waals surface area contributed by atoms with Crippen molar-refractivity contribution in [3.05, 3.63) is 17.6 Å². The summed E-state index contributed by atoms with van der Waals surface area (Å²) in [4.78, 5) is 11.6. The highest BCUT2D eigenvalue weighted by Crippen LogP contribution is 2.24. The Morgan fingerprint density at radius 3 is 2.95 bits per heavy atom. The first-order chi connectivity index (χ1) is 9.24. The van der Waals surface area contributed by atoms with Gasteiger partial charge < -0.3 is 10.2 Å². The molecule has 1 aliphatic rings. The Hall–Kier alpha value is -1.16. The molecule has 0 aromatic carbocycles. The number of anilines is 1. The fourth-order valence-corrected chi connectivity index (χ4v) is 2.74. The SMILES string of the molecule is CCCNCC1CCCN1c1cc(CC)nc(C)n1. The summed E-state index contributed by atoms with van der Waals surface area (Å²) in [5.41, 5.74) is 1.15. The molecular formula is C15H26N4. The van der Waals surface area contributed by atoms with E-state index in [4.69, 9.17) is 0 Å². The molecule has 0 saturated carbocycles. The second-order valence-electron chi connectivity index (χ2n) is 5.31. The van der Waals surface area contributed by atoms with Gasteiger partial charge in [-0.2, -0.15) is 0 Å². The Bertz CT molecular complexity index is 405. The Balaban J connectivity index is 2.08. The van der Waals surface area contributed by atoms with Gasteiger partial charge in [-0.3, -0.25) is 0 Å². The zero-order valence-electron chi connectivity index (χ0n) is 12.4. The monoisotopic (exact) mass is 262 g/mol. The largest absolute Gasteiger partial charge is 0.352 e. The number of nitrogens with zero attached hydrogens (tertiary/aromatic N) is 3. The molecule has 0 radical (unpaired) electrons. The Morgan fingerprint density at radius 2 is 2.21 bits per heavy atom. The van der Waals surface area contributed by atoms with Crippen molar-refractivity contribution in [2.45, 2.75) is 52.5 Å². The Morgan fingerprint density at radius 1 is 1.37 bits per heavy atom. The molecule has 1 unspecified atom stereocenters. The molecule has 106 valence electrons. The summed E-state index contributed by atoms with van der Waals surface area (Å²) in [6, 6.07) is 2.75. The van der Waals surface area contributed by atoms with Crippen LogP contribution in [0.2, 0.25) is 0 Å². The van der Waals surface area contributed by atoms with Crippen LogP contribution in [0.25, 0.3) is 0 Å². The average Bonchev–Trinajstić information content (AvgIpc) is 2.86. The lowest BCUT2D eigenvalue weighted by molar-refractivity contribution is 0.567. The normalized spacial score (nSPS) is 19.1. The van der Waals surface area contributed by atoms with Crippen LogP contribution in [0.15, 0.2) is 6.07 Å². The van der Waals surface area contributed by atoms with Crippen molar-refractivity contribution in [2.75, 3.05) is 24.5 Å². The Kier molecular flexibility index (Phi) is 5.14. The molecule has 1 saturated heterocycles. The summed E-state index contributed by atoms with van der Waals surface area (Å²) in [5, 5.41) is 3.53. The molecule has 1 aromatic heterocycles. The molecule has 0 bridgehead atoms. The quantitative estimate of drug-likeness (QED) is 0.799. The zero-order chi connectivity index (χ0) is 13.7. The molecular weight excluding hydrogens is 236 g/mol. The molecule has 0 aliphatic carbocycles. The molecule has 0 amide bonds. The molecule has 1 atom stereocenters. The molecule has 4 heteroatoms. The van der Waals surface area contributed by atoms with E-state index in [0.29, 0.717) is 6.04 Å². The fraction of sp³-hybridized carbons (Fsp3) is 0.733. The molecule has 4 nitrogen and oxygen atoms in total. The number of aryl methyl sites for hydroxylation is 2. The molecule has 2 heterocycles. The van der Waals surface area contributed by atoms with Crippen molar-refractivity contribution in [3.63, 3.8) is 0 Å². The van der Waals surface area contributed by atoms with Crippen LogP contribution in [0.5, 0.6) is 0 Å². The van der Waals surface area contributed by atoms with Crippen LogP contribution in [0.3, 0.4) is 0 Å². The fourth-order valence-electron chi connectivity index (χ4n) is 2.74. The number of nitrogens with one attached hydrogen (secondary N) is 1. The van der Waals surface area contributed by atoms with Crippen molar-refractivity contribution < 1.29 is 0 Å². The van der Waals surface area contributed by atoms with Crippen molar-refractivity contribution in [1.29, 1.82) is 0 Å². The van der Waals surface area contributed by atoms with Crippen LogP contribution in [0.4, 0.5) is 5.82 Å². The smallest absolute Gasteiger partial charge is 0.132 e.